The highest BCUT2D eigenvalue weighted by Crippen LogP contribution is 2.22. The minimum absolute atomic E-state index is 0.186. The lowest BCUT2D eigenvalue weighted by atomic mass is 9.95. The summed E-state index contributed by atoms with van der Waals surface area (Å²) in [6.45, 7) is 4.56. The molecule has 1 aromatic rings. The summed E-state index contributed by atoms with van der Waals surface area (Å²) in [7, 11) is 1.95. The molecule has 5 heteroatoms. The lowest BCUT2D eigenvalue weighted by molar-refractivity contribution is -0.135. The van der Waals surface area contributed by atoms with Gasteiger partial charge in [0.05, 0.1) is 18.9 Å². The number of furan rings is 1. The number of hydrogen-bond acceptors (Lipinski definition) is 4. The van der Waals surface area contributed by atoms with Gasteiger partial charge in [-0.25, -0.2) is 0 Å². The van der Waals surface area contributed by atoms with E-state index in [0.29, 0.717) is 12.0 Å². The highest BCUT2D eigenvalue weighted by atomic mass is 16.5. The van der Waals surface area contributed by atoms with E-state index in [4.69, 9.17) is 9.15 Å². The summed E-state index contributed by atoms with van der Waals surface area (Å²) in [5.74, 6) is 1.51. The zero-order chi connectivity index (χ0) is 16.8. The fraction of sp³-hybridized carbons (Fsp3) is 0.737. The number of carbonyl (C=O) groups excluding carboxylic acids is 1. The summed E-state index contributed by atoms with van der Waals surface area (Å²) in [6.07, 6.45) is 8.56. The van der Waals surface area contributed by atoms with Crippen LogP contribution in [0.1, 0.15) is 44.3 Å². The van der Waals surface area contributed by atoms with Crippen molar-refractivity contribution in [2.75, 3.05) is 33.3 Å². The minimum Gasteiger partial charge on any atom is -0.468 e. The van der Waals surface area contributed by atoms with Crippen molar-refractivity contribution in [2.24, 2.45) is 5.92 Å². The van der Waals surface area contributed by atoms with Gasteiger partial charge in [-0.05, 0) is 63.7 Å². The maximum Gasteiger partial charge on any atom is 0.225 e. The van der Waals surface area contributed by atoms with E-state index in [2.05, 4.69) is 4.90 Å². The van der Waals surface area contributed by atoms with Crippen LogP contribution in [0.15, 0.2) is 22.8 Å². The van der Waals surface area contributed by atoms with Gasteiger partial charge in [-0.2, -0.15) is 0 Å². The van der Waals surface area contributed by atoms with Gasteiger partial charge in [0.15, 0.2) is 0 Å². The van der Waals surface area contributed by atoms with Crippen molar-refractivity contribution < 1.29 is 13.9 Å². The molecule has 1 amide bonds. The molecule has 24 heavy (non-hydrogen) atoms. The summed E-state index contributed by atoms with van der Waals surface area (Å²) in [4.78, 5) is 16.9. The first kappa shape index (κ1) is 17.5. The number of likely N-dealkylation sites (tertiary alicyclic amines) is 1. The number of nitrogens with zero attached hydrogens (tertiary/aromatic N) is 2. The third kappa shape index (κ3) is 4.84. The van der Waals surface area contributed by atoms with Crippen LogP contribution >= 0.6 is 0 Å². The van der Waals surface area contributed by atoms with Crippen molar-refractivity contribution in [3.8, 4) is 0 Å². The molecule has 2 aliphatic heterocycles. The molecule has 3 heterocycles. The molecule has 0 N–H and O–H groups in total. The van der Waals surface area contributed by atoms with Gasteiger partial charge in [-0.3, -0.25) is 9.69 Å². The van der Waals surface area contributed by atoms with E-state index in [1.54, 1.807) is 6.26 Å². The Kier molecular flexibility index (Phi) is 6.32. The first-order valence-electron chi connectivity index (χ1n) is 9.33. The van der Waals surface area contributed by atoms with Crippen LogP contribution in [0.2, 0.25) is 0 Å². The van der Waals surface area contributed by atoms with Gasteiger partial charge in [0.25, 0.3) is 0 Å². The maximum atomic E-state index is 12.6. The average molecular weight is 334 g/mol. The molecule has 5 nitrogen and oxygen atoms in total. The molecule has 1 atom stereocenters. The SMILES string of the molecule is CN(CCC[C@H]1CCCO1)C(=O)C1CCN(Cc2ccco2)CC1. The molecule has 0 aliphatic carbocycles. The third-order valence-electron chi connectivity index (χ3n) is 5.32. The quantitative estimate of drug-likeness (QED) is 0.769. The largest absolute Gasteiger partial charge is 0.468 e. The molecule has 0 unspecified atom stereocenters. The normalized spacial score (nSPS) is 22.8. The number of hydrogen-bond donors (Lipinski definition) is 0. The molecule has 2 fully saturated rings. The van der Waals surface area contributed by atoms with Crippen LogP contribution in [0.25, 0.3) is 0 Å². The molecule has 134 valence electrons. The second-order valence-corrected chi connectivity index (χ2v) is 7.17. The minimum atomic E-state index is 0.186. The van der Waals surface area contributed by atoms with E-state index < -0.39 is 0 Å². The summed E-state index contributed by atoms with van der Waals surface area (Å²) in [5.41, 5.74) is 0. The standard InChI is InChI=1S/C19H30N2O3/c1-20(10-2-5-17-6-3-13-23-17)19(22)16-8-11-21(12-9-16)15-18-7-4-14-24-18/h4,7,14,16-17H,2-3,5-6,8-13,15H2,1H3/t17-/m0/s1. The molecule has 0 spiro atoms. The van der Waals surface area contributed by atoms with Gasteiger partial charge in [0.2, 0.25) is 5.91 Å². The Hall–Kier alpha value is -1.33. The zero-order valence-electron chi connectivity index (χ0n) is 14.8. The molecule has 2 saturated heterocycles. The Morgan fingerprint density at radius 3 is 2.83 bits per heavy atom. The fourth-order valence-electron chi connectivity index (χ4n) is 3.81. The van der Waals surface area contributed by atoms with Crippen molar-refractivity contribution in [2.45, 2.75) is 51.2 Å². The monoisotopic (exact) mass is 334 g/mol. The van der Waals surface area contributed by atoms with E-state index in [1.165, 1.54) is 12.8 Å². The van der Waals surface area contributed by atoms with Crippen molar-refractivity contribution in [3.05, 3.63) is 24.2 Å². The van der Waals surface area contributed by atoms with Crippen molar-refractivity contribution in [1.29, 1.82) is 0 Å². The van der Waals surface area contributed by atoms with Crippen LogP contribution < -0.4 is 0 Å². The van der Waals surface area contributed by atoms with Crippen molar-refractivity contribution in [1.82, 2.24) is 9.80 Å². The van der Waals surface area contributed by atoms with E-state index >= 15 is 0 Å². The van der Waals surface area contributed by atoms with Crippen LogP contribution in [0.5, 0.6) is 0 Å². The van der Waals surface area contributed by atoms with Gasteiger partial charge < -0.3 is 14.1 Å². The Bertz CT molecular complexity index is 489. The summed E-state index contributed by atoms with van der Waals surface area (Å²) < 4.78 is 11.1. The first-order chi connectivity index (χ1) is 11.7. The molecular formula is C19H30N2O3. The molecule has 1 aromatic heterocycles. The van der Waals surface area contributed by atoms with Gasteiger partial charge >= 0.3 is 0 Å². The van der Waals surface area contributed by atoms with Gasteiger partial charge in [0, 0.05) is 26.1 Å². The third-order valence-corrected chi connectivity index (χ3v) is 5.32. The van der Waals surface area contributed by atoms with Crippen LogP contribution in [0.4, 0.5) is 0 Å². The Morgan fingerprint density at radius 1 is 1.33 bits per heavy atom. The molecule has 0 radical (unpaired) electrons. The average Bonchev–Trinajstić information content (AvgIpc) is 3.29. The number of carbonyl (C=O) groups is 1. The lowest BCUT2D eigenvalue weighted by Crippen LogP contribution is -2.41. The second-order valence-electron chi connectivity index (χ2n) is 7.17. The van der Waals surface area contributed by atoms with Gasteiger partial charge in [0.1, 0.15) is 5.76 Å². The molecule has 2 aliphatic rings. The first-order valence-corrected chi connectivity index (χ1v) is 9.33. The van der Waals surface area contributed by atoms with Crippen molar-refractivity contribution >= 4 is 5.91 Å². The highest BCUT2D eigenvalue weighted by molar-refractivity contribution is 5.78. The van der Waals surface area contributed by atoms with Gasteiger partial charge in [-0.1, -0.05) is 0 Å². The predicted octanol–water partition coefficient (Wildman–Crippen LogP) is 2.91. The molecular weight excluding hydrogens is 304 g/mol. The number of ether oxygens (including phenoxy) is 1. The molecule has 0 aromatic carbocycles. The van der Waals surface area contributed by atoms with Gasteiger partial charge in [-0.15, -0.1) is 0 Å². The van der Waals surface area contributed by atoms with Crippen LogP contribution in [-0.2, 0) is 16.1 Å². The lowest BCUT2D eigenvalue weighted by Gasteiger charge is -2.32. The number of amides is 1. The van der Waals surface area contributed by atoms with Crippen LogP contribution in [0.3, 0.4) is 0 Å². The fourth-order valence-corrected chi connectivity index (χ4v) is 3.81. The van der Waals surface area contributed by atoms with E-state index in [-0.39, 0.29) is 5.92 Å². The summed E-state index contributed by atoms with van der Waals surface area (Å²) in [5, 5.41) is 0. The van der Waals surface area contributed by atoms with E-state index in [9.17, 15) is 4.79 Å². The summed E-state index contributed by atoms with van der Waals surface area (Å²) in [6, 6.07) is 3.94. The van der Waals surface area contributed by atoms with Crippen LogP contribution in [-0.4, -0.2) is 55.1 Å². The highest BCUT2D eigenvalue weighted by Gasteiger charge is 2.27. The maximum absolute atomic E-state index is 12.6. The predicted molar refractivity (Wildman–Crippen MR) is 92.6 cm³/mol. The molecule has 0 bridgehead atoms. The Labute approximate surface area is 144 Å². The number of piperidine rings is 1. The summed E-state index contributed by atoms with van der Waals surface area (Å²) >= 11 is 0. The topological polar surface area (TPSA) is 45.9 Å². The molecule has 0 saturated carbocycles. The molecule has 3 rings (SSSR count). The smallest absolute Gasteiger partial charge is 0.225 e. The zero-order valence-corrected chi connectivity index (χ0v) is 14.8. The Balaban J connectivity index is 1.34. The Morgan fingerprint density at radius 2 is 2.17 bits per heavy atom. The number of rotatable bonds is 7. The second kappa shape index (κ2) is 8.67. The van der Waals surface area contributed by atoms with Crippen LogP contribution in [0, 0.1) is 5.92 Å². The van der Waals surface area contributed by atoms with Crippen molar-refractivity contribution in [3.63, 3.8) is 0 Å². The van der Waals surface area contributed by atoms with E-state index in [0.717, 1.165) is 64.2 Å². The van der Waals surface area contributed by atoms with E-state index in [1.807, 2.05) is 24.1 Å².